The van der Waals surface area contributed by atoms with E-state index in [1.54, 1.807) is 0 Å². The summed E-state index contributed by atoms with van der Waals surface area (Å²) in [4.78, 5) is 35.2. The zero-order chi connectivity index (χ0) is 14.4. The number of anilines is 1. The predicted octanol–water partition coefficient (Wildman–Crippen LogP) is 0.236. The highest BCUT2D eigenvalue weighted by atomic mass is 16.6. The molecule has 1 aromatic heterocycles. The first-order valence-electron chi connectivity index (χ1n) is 5.28. The lowest BCUT2D eigenvalue weighted by molar-refractivity contribution is -0.389. The first kappa shape index (κ1) is 14.4. The van der Waals surface area contributed by atoms with Crippen molar-refractivity contribution in [3.63, 3.8) is 0 Å². The molecule has 0 aromatic carbocycles. The third-order valence-corrected chi connectivity index (χ3v) is 2.25. The van der Waals surface area contributed by atoms with E-state index in [1.807, 2.05) is 0 Å². The van der Waals surface area contributed by atoms with E-state index in [2.05, 4.69) is 15.6 Å². The van der Waals surface area contributed by atoms with Crippen LogP contribution in [0.2, 0.25) is 0 Å². The van der Waals surface area contributed by atoms with Gasteiger partial charge in [0.2, 0.25) is 5.91 Å². The SMILES string of the molecule is CNC(=O)CCNc1cnc([N+](=O)[O-])cc1C(=O)O. The van der Waals surface area contributed by atoms with Crippen LogP contribution in [-0.2, 0) is 4.79 Å². The largest absolute Gasteiger partial charge is 0.478 e. The molecular formula is C10H12N4O5. The van der Waals surface area contributed by atoms with Crippen LogP contribution in [0, 0.1) is 10.1 Å². The van der Waals surface area contributed by atoms with Gasteiger partial charge in [-0.1, -0.05) is 0 Å². The van der Waals surface area contributed by atoms with Crippen molar-refractivity contribution in [3.8, 4) is 0 Å². The molecule has 9 nitrogen and oxygen atoms in total. The van der Waals surface area contributed by atoms with Gasteiger partial charge in [0.25, 0.3) is 0 Å². The lowest BCUT2D eigenvalue weighted by atomic mass is 10.2. The van der Waals surface area contributed by atoms with Gasteiger partial charge in [-0.25, -0.2) is 4.79 Å². The fourth-order valence-electron chi connectivity index (χ4n) is 1.30. The highest BCUT2D eigenvalue weighted by molar-refractivity contribution is 5.94. The molecular weight excluding hydrogens is 256 g/mol. The molecule has 9 heteroatoms. The highest BCUT2D eigenvalue weighted by Crippen LogP contribution is 2.19. The van der Waals surface area contributed by atoms with E-state index in [1.165, 1.54) is 7.05 Å². The van der Waals surface area contributed by atoms with Crippen LogP contribution in [0.15, 0.2) is 12.3 Å². The molecule has 0 radical (unpaired) electrons. The summed E-state index contributed by atoms with van der Waals surface area (Å²) in [6, 6.07) is 0.866. The molecule has 1 aromatic rings. The zero-order valence-corrected chi connectivity index (χ0v) is 10.0. The fraction of sp³-hybridized carbons (Fsp3) is 0.300. The van der Waals surface area contributed by atoms with E-state index in [0.717, 1.165) is 12.3 Å². The number of nitrogens with zero attached hydrogens (tertiary/aromatic N) is 2. The second-order valence-electron chi connectivity index (χ2n) is 3.50. The van der Waals surface area contributed by atoms with E-state index in [-0.39, 0.29) is 30.1 Å². The number of aromatic carboxylic acids is 1. The second kappa shape index (κ2) is 6.28. The van der Waals surface area contributed by atoms with Gasteiger partial charge in [-0.05, 0) is 9.91 Å². The molecule has 0 bridgehead atoms. The first-order valence-corrected chi connectivity index (χ1v) is 5.28. The van der Waals surface area contributed by atoms with E-state index >= 15 is 0 Å². The molecule has 19 heavy (non-hydrogen) atoms. The molecule has 1 heterocycles. The second-order valence-corrected chi connectivity index (χ2v) is 3.50. The van der Waals surface area contributed by atoms with E-state index < -0.39 is 16.7 Å². The van der Waals surface area contributed by atoms with E-state index in [4.69, 9.17) is 5.11 Å². The Hall–Kier alpha value is -2.71. The van der Waals surface area contributed by atoms with Crippen molar-refractivity contribution in [2.45, 2.75) is 6.42 Å². The number of amides is 1. The standard InChI is InChI=1S/C10H12N4O5/c1-11-9(15)2-3-12-7-5-13-8(14(18)19)4-6(7)10(16)17/h4-5,12H,2-3H2,1H3,(H,11,15)(H,16,17). The minimum absolute atomic E-state index is 0.127. The number of carbonyl (C=O) groups excluding carboxylic acids is 1. The Labute approximate surface area is 107 Å². The number of hydrogen-bond acceptors (Lipinski definition) is 6. The van der Waals surface area contributed by atoms with Gasteiger partial charge < -0.3 is 25.9 Å². The molecule has 1 rings (SSSR count). The number of nitro groups is 1. The van der Waals surface area contributed by atoms with Crippen molar-refractivity contribution < 1.29 is 19.6 Å². The quantitative estimate of drug-likeness (QED) is 0.496. The Kier molecular flexibility index (Phi) is 4.75. The summed E-state index contributed by atoms with van der Waals surface area (Å²) in [5.74, 6) is -2.07. The summed E-state index contributed by atoms with van der Waals surface area (Å²) in [5.41, 5.74) is -0.138. The Balaban J connectivity index is 2.85. The number of nitrogens with one attached hydrogen (secondary N) is 2. The van der Waals surface area contributed by atoms with E-state index in [9.17, 15) is 19.7 Å². The van der Waals surface area contributed by atoms with Crippen molar-refractivity contribution in [1.29, 1.82) is 0 Å². The summed E-state index contributed by atoms with van der Waals surface area (Å²) in [6.07, 6.45) is 1.21. The van der Waals surface area contributed by atoms with Crippen molar-refractivity contribution in [2.24, 2.45) is 0 Å². The van der Waals surface area contributed by atoms with Gasteiger partial charge in [-0.2, -0.15) is 0 Å². The monoisotopic (exact) mass is 268 g/mol. The van der Waals surface area contributed by atoms with Crippen molar-refractivity contribution in [2.75, 3.05) is 18.9 Å². The first-order chi connectivity index (χ1) is 8.95. The minimum Gasteiger partial charge on any atom is -0.478 e. The number of rotatable bonds is 6. The molecule has 0 atom stereocenters. The summed E-state index contributed by atoms with van der Waals surface area (Å²) in [7, 11) is 1.48. The average molecular weight is 268 g/mol. The van der Waals surface area contributed by atoms with Crippen molar-refractivity contribution in [1.82, 2.24) is 10.3 Å². The molecule has 0 aliphatic rings. The van der Waals surface area contributed by atoms with E-state index in [0.29, 0.717) is 0 Å². The van der Waals surface area contributed by atoms with Gasteiger partial charge in [0.1, 0.15) is 0 Å². The Morgan fingerprint density at radius 1 is 1.53 bits per heavy atom. The van der Waals surface area contributed by atoms with Gasteiger partial charge in [-0.15, -0.1) is 0 Å². The van der Waals surface area contributed by atoms with Gasteiger partial charge >= 0.3 is 11.8 Å². The smallest absolute Gasteiger partial charge is 0.364 e. The van der Waals surface area contributed by atoms with Crippen LogP contribution in [0.1, 0.15) is 16.8 Å². The fourth-order valence-corrected chi connectivity index (χ4v) is 1.30. The van der Waals surface area contributed by atoms with Crippen molar-refractivity contribution in [3.05, 3.63) is 27.9 Å². The molecule has 0 fully saturated rings. The maximum Gasteiger partial charge on any atom is 0.364 e. The summed E-state index contributed by atoms with van der Waals surface area (Å²) in [5, 5.41) is 24.6. The topological polar surface area (TPSA) is 134 Å². The number of pyridine rings is 1. The third-order valence-electron chi connectivity index (χ3n) is 2.25. The third kappa shape index (κ3) is 3.91. The van der Waals surface area contributed by atoms with Gasteiger partial charge in [0.15, 0.2) is 6.20 Å². The molecule has 0 unspecified atom stereocenters. The number of hydrogen-bond donors (Lipinski definition) is 3. The van der Waals surface area contributed by atoms with Crippen LogP contribution in [-0.4, -0.2) is 40.5 Å². The van der Waals surface area contributed by atoms with Crippen LogP contribution in [0.25, 0.3) is 0 Å². The lowest BCUT2D eigenvalue weighted by Gasteiger charge is -2.07. The van der Waals surface area contributed by atoms with Gasteiger partial charge in [-0.3, -0.25) is 4.79 Å². The Morgan fingerprint density at radius 3 is 2.74 bits per heavy atom. The molecule has 0 saturated carbocycles. The molecule has 0 aliphatic carbocycles. The maximum atomic E-state index is 11.0. The molecule has 102 valence electrons. The summed E-state index contributed by atoms with van der Waals surface area (Å²) < 4.78 is 0. The molecule has 3 N–H and O–H groups in total. The Bertz CT molecular complexity index is 517. The number of aromatic nitrogens is 1. The summed E-state index contributed by atoms with van der Waals surface area (Å²) >= 11 is 0. The summed E-state index contributed by atoms with van der Waals surface area (Å²) in [6.45, 7) is 0.194. The maximum absolute atomic E-state index is 11.0. The predicted molar refractivity (Wildman–Crippen MR) is 65.0 cm³/mol. The van der Waals surface area contributed by atoms with Crippen LogP contribution < -0.4 is 10.6 Å². The lowest BCUT2D eigenvalue weighted by Crippen LogP contribution is -2.21. The van der Waals surface area contributed by atoms with Gasteiger partial charge in [0, 0.05) is 20.0 Å². The highest BCUT2D eigenvalue weighted by Gasteiger charge is 2.18. The minimum atomic E-state index is -1.31. The number of carbonyl (C=O) groups is 2. The van der Waals surface area contributed by atoms with Crippen LogP contribution >= 0.6 is 0 Å². The average Bonchev–Trinajstić information content (AvgIpc) is 2.38. The van der Waals surface area contributed by atoms with Crippen LogP contribution in [0.4, 0.5) is 11.5 Å². The molecule has 0 spiro atoms. The molecule has 0 saturated heterocycles. The van der Waals surface area contributed by atoms with Crippen LogP contribution in [0.5, 0.6) is 0 Å². The van der Waals surface area contributed by atoms with Crippen molar-refractivity contribution >= 4 is 23.4 Å². The number of carboxylic acids is 1. The van der Waals surface area contributed by atoms with Gasteiger partial charge in [0.05, 0.1) is 17.3 Å². The number of carboxylic acid groups (broad SMARTS) is 1. The normalized spacial score (nSPS) is 9.74. The zero-order valence-electron chi connectivity index (χ0n) is 10.0. The van der Waals surface area contributed by atoms with Crippen LogP contribution in [0.3, 0.4) is 0 Å². The molecule has 0 aliphatic heterocycles. The molecule has 1 amide bonds. The Morgan fingerprint density at radius 2 is 2.21 bits per heavy atom.